The standard InChI is InChI=1S/C17H14N4O5S/c1-22-11-6-5-10(8-13(11)23-2)16-19-20-17(25-16)27-9-14-18-15(21-26-14)12-4-3-7-24-12/h3-8H,9H2,1-2H3. The highest BCUT2D eigenvalue weighted by Gasteiger charge is 2.15. The van der Waals surface area contributed by atoms with Gasteiger partial charge in [0.1, 0.15) is 0 Å². The number of ether oxygens (including phenoxy) is 2. The molecule has 0 saturated heterocycles. The second-order valence-electron chi connectivity index (χ2n) is 5.22. The van der Waals surface area contributed by atoms with Gasteiger partial charge in [-0.3, -0.25) is 0 Å². The number of hydrogen-bond donors (Lipinski definition) is 0. The number of aromatic nitrogens is 4. The second kappa shape index (κ2) is 7.54. The molecule has 138 valence electrons. The molecule has 27 heavy (non-hydrogen) atoms. The Morgan fingerprint density at radius 3 is 2.74 bits per heavy atom. The molecule has 0 unspecified atom stereocenters. The molecule has 0 aliphatic heterocycles. The Labute approximate surface area is 157 Å². The summed E-state index contributed by atoms with van der Waals surface area (Å²) in [5.74, 6) is 3.34. The quantitative estimate of drug-likeness (QED) is 0.436. The molecular formula is C17H14N4O5S. The summed E-state index contributed by atoms with van der Waals surface area (Å²) >= 11 is 1.29. The van der Waals surface area contributed by atoms with Crippen LogP contribution in [-0.2, 0) is 5.75 Å². The molecule has 10 heteroatoms. The van der Waals surface area contributed by atoms with Crippen molar-refractivity contribution < 1.29 is 22.8 Å². The van der Waals surface area contributed by atoms with E-state index < -0.39 is 0 Å². The van der Waals surface area contributed by atoms with Crippen LogP contribution in [0.1, 0.15) is 5.89 Å². The lowest BCUT2D eigenvalue weighted by atomic mass is 10.2. The zero-order valence-corrected chi connectivity index (χ0v) is 15.2. The Bertz CT molecular complexity index is 1030. The van der Waals surface area contributed by atoms with Gasteiger partial charge in [0, 0.05) is 5.56 Å². The molecule has 0 aliphatic rings. The van der Waals surface area contributed by atoms with Gasteiger partial charge in [-0.05, 0) is 30.3 Å². The average molecular weight is 386 g/mol. The predicted molar refractivity (Wildman–Crippen MR) is 94.4 cm³/mol. The first-order valence-electron chi connectivity index (χ1n) is 7.82. The van der Waals surface area contributed by atoms with Crippen molar-refractivity contribution in [3.8, 4) is 34.5 Å². The summed E-state index contributed by atoms with van der Waals surface area (Å²) in [5.41, 5.74) is 0.727. The van der Waals surface area contributed by atoms with Gasteiger partial charge in [0.2, 0.25) is 17.6 Å². The highest BCUT2D eigenvalue weighted by atomic mass is 32.2. The molecule has 0 N–H and O–H groups in total. The van der Waals surface area contributed by atoms with E-state index in [9.17, 15) is 0 Å². The minimum atomic E-state index is 0.375. The van der Waals surface area contributed by atoms with Crippen molar-refractivity contribution >= 4 is 11.8 Å². The minimum Gasteiger partial charge on any atom is -0.493 e. The van der Waals surface area contributed by atoms with Gasteiger partial charge in [0.05, 0.1) is 26.2 Å². The molecule has 4 rings (SSSR count). The Balaban J connectivity index is 1.44. The highest BCUT2D eigenvalue weighted by molar-refractivity contribution is 7.98. The van der Waals surface area contributed by atoms with E-state index in [1.165, 1.54) is 11.8 Å². The Kier molecular flexibility index (Phi) is 4.79. The maximum absolute atomic E-state index is 5.68. The van der Waals surface area contributed by atoms with Crippen LogP contribution in [0, 0.1) is 0 Å². The number of hydrogen-bond acceptors (Lipinski definition) is 10. The van der Waals surface area contributed by atoms with Crippen LogP contribution in [0.25, 0.3) is 23.0 Å². The summed E-state index contributed by atoms with van der Waals surface area (Å²) < 4.78 is 26.6. The first-order valence-corrected chi connectivity index (χ1v) is 8.80. The number of thioether (sulfide) groups is 1. The first-order chi connectivity index (χ1) is 13.3. The third-order valence-corrected chi connectivity index (χ3v) is 4.37. The zero-order valence-electron chi connectivity index (χ0n) is 14.4. The third-order valence-electron chi connectivity index (χ3n) is 3.57. The Morgan fingerprint density at radius 1 is 1.07 bits per heavy atom. The van der Waals surface area contributed by atoms with E-state index >= 15 is 0 Å². The molecule has 0 atom stereocenters. The van der Waals surface area contributed by atoms with Gasteiger partial charge >= 0.3 is 0 Å². The van der Waals surface area contributed by atoms with E-state index in [2.05, 4.69) is 20.3 Å². The van der Waals surface area contributed by atoms with Crippen LogP contribution in [0.4, 0.5) is 0 Å². The molecule has 0 aliphatic carbocycles. The van der Waals surface area contributed by atoms with Crippen molar-refractivity contribution in [2.75, 3.05) is 14.2 Å². The lowest BCUT2D eigenvalue weighted by Crippen LogP contribution is -1.90. The predicted octanol–water partition coefficient (Wildman–Crippen LogP) is 3.69. The van der Waals surface area contributed by atoms with Crippen LogP contribution < -0.4 is 9.47 Å². The summed E-state index contributed by atoms with van der Waals surface area (Å²) in [6, 6.07) is 8.88. The van der Waals surface area contributed by atoms with E-state index in [1.54, 1.807) is 44.7 Å². The van der Waals surface area contributed by atoms with Crippen LogP contribution in [0.3, 0.4) is 0 Å². The lowest BCUT2D eigenvalue weighted by molar-refractivity contribution is 0.355. The van der Waals surface area contributed by atoms with Crippen molar-refractivity contribution in [2.45, 2.75) is 11.0 Å². The minimum absolute atomic E-state index is 0.375. The van der Waals surface area contributed by atoms with E-state index in [-0.39, 0.29) is 0 Å². The molecule has 0 spiro atoms. The Morgan fingerprint density at radius 2 is 1.96 bits per heavy atom. The molecule has 4 aromatic rings. The van der Waals surface area contributed by atoms with Crippen molar-refractivity contribution in [2.24, 2.45) is 0 Å². The fourth-order valence-electron chi connectivity index (χ4n) is 2.30. The molecule has 0 bridgehead atoms. The van der Waals surface area contributed by atoms with Gasteiger partial charge in [-0.2, -0.15) is 4.98 Å². The average Bonchev–Trinajstić information content (AvgIpc) is 3.46. The maximum Gasteiger partial charge on any atom is 0.277 e. The molecule has 3 heterocycles. The van der Waals surface area contributed by atoms with E-state index in [0.29, 0.717) is 45.8 Å². The lowest BCUT2D eigenvalue weighted by Gasteiger charge is -2.07. The van der Waals surface area contributed by atoms with Crippen molar-refractivity contribution in [3.05, 3.63) is 42.5 Å². The highest BCUT2D eigenvalue weighted by Crippen LogP contribution is 2.33. The number of methoxy groups -OCH3 is 2. The van der Waals surface area contributed by atoms with Gasteiger partial charge in [0.15, 0.2) is 17.3 Å². The van der Waals surface area contributed by atoms with Crippen LogP contribution in [-0.4, -0.2) is 34.6 Å². The summed E-state index contributed by atoms with van der Waals surface area (Å²) in [7, 11) is 3.14. The smallest absolute Gasteiger partial charge is 0.277 e. The monoisotopic (exact) mass is 386 g/mol. The molecule has 0 amide bonds. The van der Waals surface area contributed by atoms with E-state index in [0.717, 1.165) is 5.56 Å². The van der Waals surface area contributed by atoms with Gasteiger partial charge in [-0.15, -0.1) is 10.2 Å². The largest absolute Gasteiger partial charge is 0.493 e. The van der Waals surface area contributed by atoms with Gasteiger partial charge in [-0.25, -0.2) is 0 Å². The van der Waals surface area contributed by atoms with Crippen LogP contribution in [0.2, 0.25) is 0 Å². The zero-order chi connectivity index (χ0) is 18.6. The van der Waals surface area contributed by atoms with E-state index in [4.69, 9.17) is 22.8 Å². The fraction of sp³-hybridized carbons (Fsp3) is 0.176. The Hall–Kier alpha value is -3.27. The van der Waals surface area contributed by atoms with Gasteiger partial charge < -0.3 is 22.8 Å². The second-order valence-corrected chi connectivity index (χ2v) is 6.15. The summed E-state index contributed by atoms with van der Waals surface area (Å²) in [5, 5.41) is 12.3. The summed E-state index contributed by atoms with van der Waals surface area (Å²) in [4.78, 5) is 4.26. The van der Waals surface area contributed by atoms with E-state index in [1.807, 2.05) is 6.07 Å². The van der Waals surface area contributed by atoms with Crippen LogP contribution in [0.5, 0.6) is 11.5 Å². The molecule has 0 fully saturated rings. The topological polar surface area (TPSA) is 109 Å². The van der Waals surface area contributed by atoms with Crippen molar-refractivity contribution in [3.63, 3.8) is 0 Å². The molecule has 0 radical (unpaired) electrons. The van der Waals surface area contributed by atoms with Crippen LogP contribution in [0.15, 0.2) is 55.2 Å². The number of nitrogens with zero attached hydrogens (tertiary/aromatic N) is 4. The van der Waals surface area contributed by atoms with Crippen molar-refractivity contribution in [1.82, 2.24) is 20.3 Å². The fourth-order valence-corrected chi connectivity index (χ4v) is 2.90. The third kappa shape index (κ3) is 3.65. The first kappa shape index (κ1) is 17.2. The molecule has 3 aromatic heterocycles. The van der Waals surface area contributed by atoms with Crippen LogP contribution >= 0.6 is 11.8 Å². The van der Waals surface area contributed by atoms with Crippen molar-refractivity contribution in [1.29, 1.82) is 0 Å². The molecule has 9 nitrogen and oxygen atoms in total. The number of furan rings is 1. The maximum atomic E-state index is 5.68. The van der Waals surface area contributed by atoms with Gasteiger partial charge in [-0.1, -0.05) is 16.9 Å². The molecular weight excluding hydrogens is 372 g/mol. The van der Waals surface area contributed by atoms with Gasteiger partial charge in [0.25, 0.3) is 5.22 Å². The summed E-state index contributed by atoms with van der Waals surface area (Å²) in [6.45, 7) is 0. The SMILES string of the molecule is COc1ccc(-c2nnc(SCc3nc(-c4ccco4)no3)o2)cc1OC. The summed E-state index contributed by atoms with van der Waals surface area (Å²) in [6.07, 6.45) is 1.55. The molecule has 1 aromatic carbocycles. The number of rotatable bonds is 7. The number of benzene rings is 1. The molecule has 0 saturated carbocycles. The normalized spacial score (nSPS) is 10.9.